The van der Waals surface area contributed by atoms with Gasteiger partial charge in [0.1, 0.15) is 0 Å². The van der Waals surface area contributed by atoms with Crippen molar-refractivity contribution >= 4 is 41.3 Å². The molecule has 0 bridgehead atoms. The van der Waals surface area contributed by atoms with Crippen LogP contribution in [0.2, 0.25) is 6.04 Å². The van der Waals surface area contributed by atoms with E-state index in [0.717, 1.165) is 11.8 Å². The van der Waals surface area contributed by atoms with Crippen molar-refractivity contribution in [2.24, 2.45) is 0 Å². The van der Waals surface area contributed by atoms with E-state index in [4.69, 9.17) is 22.2 Å². The molecule has 0 radical (unpaired) electrons. The molecule has 1 aromatic carbocycles. The average Bonchev–Trinajstić information content (AvgIpc) is 2.16. The Morgan fingerprint density at radius 1 is 1.12 bits per heavy atom. The van der Waals surface area contributed by atoms with Gasteiger partial charge in [0.2, 0.25) is 7.42 Å². The number of halogens is 2. The first kappa shape index (κ1) is 14.4. The third kappa shape index (κ3) is 5.13. The van der Waals surface area contributed by atoms with Crippen LogP contribution in [0.15, 0.2) is 29.2 Å². The highest BCUT2D eigenvalue weighted by molar-refractivity contribution is 7.99. The summed E-state index contributed by atoms with van der Waals surface area (Å²) in [5, 5.41) is 0. The second kappa shape index (κ2) is 6.34. The third-order valence-corrected chi connectivity index (χ3v) is 5.82. The molecule has 1 rings (SSSR count). The van der Waals surface area contributed by atoms with Crippen LogP contribution in [0.1, 0.15) is 26.3 Å². The monoisotopic (exact) mass is 292 g/mol. The van der Waals surface area contributed by atoms with E-state index >= 15 is 0 Å². The molecule has 0 saturated carbocycles. The first-order valence-corrected chi connectivity index (χ1v) is 10.7. The Morgan fingerprint density at radius 3 is 2.12 bits per heavy atom. The minimum absolute atomic E-state index is 0.230. The average molecular weight is 293 g/mol. The number of hydrogen-bond acceptors (Lipinski definition) is 1. The van der Waals surface area contributed by atoms with Crippen LogP contribution < -0.4 is 0 Å². The molecule has 90 valence electrons. The van der Waals surface area contributed by atoms with Gasteiger partial charge in [-0.2, -0.15) is 22.2 Å². The highest BCUT2D eigenvalue weighted by atomic mass is 35.7. The summed E-state index contributed by atoms with van der Waals surface area (Å²) in [7, 11) is -1.43. The molecular formula is C12H18Cl2SSi. The van der Waals surface area contributed by atoms with Crippen molar-refractivity contribution in [3.8, 4) is 0 Å². The standard InChI is InChI=1S/C12H18Cl2SSi/c1-12(2,3)10-4-6-11(7-5-10)15-8-9-16(13)14/h4-7,16H,8-9H2,1-3H3. The molecular weight excluding hydrogens is 275 g/mol. The van der Waals surface area contributed by atoms with Crippen molar-refractivity contribution in [3.05, 3.63) is 29.8 Å². The fraction of sp³-hybridized carbons (Fsp3) is 0.500. The lowest BCUT2D eigenvalue weighted by molar-refractivity contribution is 0.590. The third-order valence-electron chi connectivity index (χ3n) is 2.33. The molecule has 0 unspecified atom stereocenters. The van der Waals surface area contributed by atoms with E-state index in [1.807, 2.05) is 11.8 Å². The lowest BCUT2D eigenvalue weighted by Crippen LogP contribution is -2.10. The Hall–Kier alpha value is 0.367. The Kier molecular flexibility index (Phi) is 5.72. The van der Waals surface area contributed by atoms with E-state index in [0.29, 0.717) is 0 Å². The maximum atomic E-state index is 5.82. The minimum Gasteiger partial charge on any atom is -0.150 e. The van der Waals surface area contributed by atoms with Gasteiger partial charge < -0.3 is 0 Å². The summed E-state index contributed by atoms with van der Waals surface area (Å²) < 4.78 is 0. The summed E-state index contributed by atoms with van der Waals surface area (Å²) in [6.45, 7) is 6.69. The molecule has 0 aromatic heterocycles. The van der Waals surface area contributed by atoms with Gasteiger partial charge in [0.25, 0.3) is 0 Å². The molecule has 4 heteroatoms. The quantitative estimate of drug-likeness (QED) is 0.437. The van der Waals surface area contributed by atoms with Crippen LogP contribution in [0, 0.1) is 0 Å². The summed E-state index contributed by atoms with van der Waals surface area (Å²) in [5.74, 6) is 1.03. The molecule has 0 spiro atoms. The van der Waals surface area contributed by atoms with Crippen LogP contribution in [0.3, 0.4) is 0 Å². The normalized spacial score (nSPS) is 12.1. The lowest BCUT2D eigenvalue weighted by Gasteiger charge is -2.19. The van der Waals surface area contributed by atoms with Crippen molar-refractivity contribution < 1.29 is 0 Å². The highest BCUT2D eigenvalue weighted by Gasteiger charge is 2.12. The smallest absolute Gasteiger partial charge is 0.150 e. The summed E-state index contributed by atoms with van der Waals surface area (Å²) in [6.07, 6.45) is 0. The Labute approximate surface area is 114 Å². The Balaban J connectivity index is 2.52. The second-order valence-corrected chi connectivity index (χ2v) is 11.2. The summed E-state index contributed by atoms with van der Waals surface area (Å²) in [6, 6.07) is 9.75. The molecule has 0 saturated heterocycles. The van der Waals surface area contributed by atoms with E-state index in [1.54, 1.807) is 0 Å². The Morgan fingerprint density at radius 2 is 1.69 bits per heavy atom. The van der Waals surface area contributed by atoms with Gasteiger partial charge in [-0.25, -0.2) is 0 Å². The summed E-state index contributed by atoms with van der Waals surface area (Å²) >= 11 is 13.5. The first-order chi connectivity index (χ1) is 7.39. The van der Waals surface area contributed by atoms with Crippen LogP contribution in [-0.4, -0.2) is 13.2 Å². The number of rotatable bonds is 4. The predicted molar refractivity (Wildman–Crippen MR) is 79.5 cm³/mol. The predicted octanol–water partition coefficient (Wildman–Crippen LogP) is 4.77. The highest BCUT2D eigenvalue weighted by Crippen LogP contribution is 2.26. The fourth-order valence-electron chi connectivity index (χ4n) is 1.32. The van der Waals surface area contributed by atoms with Gasteiger partial charge in [0, 0.05) is 4.90 Å². The zero-order valence-corrected chi connectivity index (χ0v) is 13.4. The minimum atomic E-state index is -1.43. The van der Waals surface area contributed by atoms with Crippen LogP contribution in [0.4, 0.5) is 0 Å². The molecule has 0 aliphatic carbocycles. The van der Waals surface area contributed by atoms with E-state index in [2.05, 4.69) is 45.0 Å². The molecule has 0 amide bonds. The van der Waals surface area contributed by atoms with Crippen molar-refractivity contribution in [2.45, 2.75) is 37.1 Å². The van der Waals surface area contributed by atoms with Crippen LogP contribution in [-0.2, 0) is 5.41 Å². The van der Waals surface area contributed by atoms with Crippen molar-refractivity contribution in [1.29, 1.82) is 0 Å². The molecule has 0 nitrogen and oxygen atoms in total. The first-order valence-electron chi connectivity index (χ1n) is 5.41. The zero-order valence-electron chi connectivity index (χ0n) is 9.97. The second-order valence-electron chi connectivity index (χ2n) is 4.80. The molecule has 0 atom stereocenters. The molecule has 0 fully saturated rings. The lowest BCUT2D eigenvalue weighted by atomic mass is 9.87. The molecule has 16 heavy (non-hydrogen) atoms. The van der Waals surface area contributed by atoms with Gasteiger partial charge in [-0.05, 0) is 34.9 Å². The van der Waals surface area contributed by atoms with Crippen LogP contribution in [0.25, 0.3) is 0 Å². The maximum absolute atomic E-state index is 5.82. The topological polar surface area (TPSA) is 0 Å². The molecule has 0 heterocycles. The fourth-order valence-corrected chi connectivity index (χ4v) is 4.67. The van der Waals surface area contributed by atoms with Gasteiger partial charge in [-0.1, -0.05) is 32.9 Å². The van der Waals surface area contributed by atoms with E-state index < -0.39 is 7.42 Å². The van der Waals surface area contributed by atoms with Crippen molar-refractivity contribution in [1.82, 2.24) is 0 Å². The largest absolute Gasteiger partial charge is 0.237 e. The van der Waals surface area contributed by atoms with Crippen molar-refractivity contribution in [3.63, 3.8) is 0 Å². The van der Waals surface area contributed by atoms with Gasteiger partial charge in [-0.3, -0.25) is 0 Å². The summed E-state index contributed by atoms with van der Waals surface area (Å²) in [5.41, 5.74) is 1.60. The van der Waals surface area contributed by atoms with E-state index in [1.165, 1.54) is 10.5 Å². The number of benzene rings is 1. The zero-order chi connectivity index (χ0) is 12.2. The SMILES string of the molecule is CC(C)(C)c1ccc(SCC[SiH](Cl)Cl)cc1. The van der Waals surface area contributed by atoms with Crippen molar-refractivity contribution in [2.75, 3.05) is 5.75 Å². The number of hydrogen-bond donors (Lipinski definition) is 0. The summed E-state index contributed by atoms with van der Waals surface area (Å²) in [4.78, 5) is 1.30. The number of thioether (sulfide) groups is 1. The van der Waals surface area contributed by atoms with Gasteiger partial charge >= 0.3 is 0 Å². The van der Waals surface area contributed by atoms with Gasteiger partial charge in [-0.15, -0.1) is 11.8 Å². The molecule has 0 aliphatic rings. The van der Waals surface area contributed by atoms with Gasteiger partial charge in [0.15, 0.2) is 0 Å². The van der Waals surface area contributed by atoms with Gasteiger partial charge in [0.05, 0.1) is 0 Å². The molecule has 1 aromatic rings. The maximum Gasteiger partial charge on any atom is 0.237 e. The van der Waals surface area contributed by atoms with Crippen LogP contribution in [0.5, 0.6) is 0 Å². The molecule has 0 N–H and O–H groups in total. The Bertz CT molecular complexity index is 317. The van der Waals surface area contributed by atoms with Crippen LogP contribution >= 0.6 is 33.9 Å². The molecule has 0 aliphatic heterocycles. The van der Waals surface area contributed by atoms with E-state index in [-0.39, 0.29) is 5.41 Å². The van der Waals surface area contributed by atoms with E-state index in [9.17, 15) is 0 Å².